The van der Waals surface area contributed by atoms with E-state index >= 15 is 0 Å². The number of aromatic nitrogens is 3. The summed E-state index contributed by atoms with van der Waals surface area (Å²) in [6.07, 6.45) is -3.43. The number of rotatable bonds is 1. The maximum absolute atomic E-state index is 13.1. The molecule has 1 aromatic carbocycles. The number of hydrogen-bond acceptors (Lipinski definition) is 4. The van der Waals surface area contributed by atoms with Gasteiger partial charge >= 0.3 is 6.18 Å². The van der Waals surface area contributed by atoms with E-state index in [1.165, 1.54) is 0 Å². The van der Waals surface area contributed by atoms with Gasteiger partial charge in [-0.05, 0) is 6.07 Å². The minimum atomic E-state index is -4.58. The standard InChI is InChI=1S/C12H9F3N4O/c1-20-8-3-7-5(2-6(8)12(13,14)15)9-10(16)17-4-18-11(9)19-7/h2-4H,1H3,(H3,16,17,18,19)/i/hD. The van der Waals surface area contributed by atoms with E-state index in [1.807, 2.05) is 0 Å². The number of methoxy groups -OCH3 is 1. The van der Waals surface area contributed by atoms with E-state index in [4.69, 9.17) is 11.9 Å². The fourth-order valence-corrected chi connectivity index (χ4v) is 2.10. The number of nitrogen functional groups attached to an aromatic ring is 1. The minimum absolute atomic E-state index is 0.0225. The number of fused-ring (bicyclic) bond motifs is 3. The molecule has 0 aliphatic rings. The van der Waals surface area contributed by atoms with Gasteiger partial charge < -0.3 is 15.4 Å². The van der Waals surface area contributed by atoms with Gasteiger partial charge in [-0.2, -0.15) is 13.2 Å². The number of ether oxygens (including phenoxy) is 1. The maximum atomic E-state index is 13.1. The SMILES string of the molecule is [2H]n1c2cc(OC)c(C(F)(F)F)cc2c2c(N)ncnc21. The molecule has 0 atom stereocenters. The highest BCUT2D eigenvalue weighted by molar-refractivity contribution is 6.11. The van der Waals surface area contributed by atoms with Crippen LogP contribution in [0.3, 0.4) is 0 Å². The molecule has 0 fully saturated rings. The van der Waals surface area contributed by atoms with Gasteiger partial charge in [-0.1, -0.05) is 0 Å². The predicted molar refractivity (Wildman–Crippen MR) is 67.4 cm³/mol. The Morgan fingerprint density at radius 1 is 1.35 bits per heavy atom. The highest BCUT2D eigenvalue weighted by Crippen LogP contribution is 2.40. The average Bonchev–Trinajstić information content (AvgIpc) is 2.71. The van der Waals surface area contributed by atoms with E-state index in [2.05, 4.69) is 9.97 Å². The lowest BCUT2D eigenvalue weighted by Gasteiger charge is -2.11. The molecule has 0 aliphatic heterocycles. The normalized spacial score (nSPS) is 12.9. The lowest BCUT2D eigenvalue weighted by atomic mass is 10.1. The lowest BCUT2D eigenvalue weighted by Crippen LogP contribution is -2.07. The molecule has 8 heteroatoms. The van der Waals surface area contributed by atoms with E-state index in [0.29, 0.717) is 0 Å². The zero-order valence-corrected chi connectivity index (χ0v) is 10.2. The van der Waals surface area contributed by atoms with E-state index in [0.717, 1.165) is 30.5 Å². The topological polar surface area (TPSA) is 76.8 Å². The fourth-order valence-electron chi connectivity index (χ4n) is 2.10. The van der Waals surface area contributed by atoms with E-state index in [1.54, 1.807) is 0 Å². The van der Waals surface area contributed by atoms with Gasteiger partial charge in [0.15, 0.2) is 1.41 Å². The van der Waals surface area contributed by atoms with Crippen LogP contribution in [0.15, 0.2) is 18.5 Å². The van der Waals surface area contributed by atoms with Crippen LogP contribution in [-0.2, 0) is 6.18 Å². The number of alkyl halides is 3. The van der Waals surface area contributed by atoms with Crippen molar-refractivity contribution < 1.29 is 19.3 Å². The molecular formula is C12H9F3N4O. The summed E-state index contributed by atoms with van der Waals surface area (Å²) in [5, 5.41) is 0.377. The van der Waals surface area contributed by atoms with Crippen molar-refractivity contribution in [3.05, 3.63) is 24.0 Å². The average molecular weight is 283 g/mol. The second-order valence-electron chi connectivity index (χ2n) is 4.14. The molecule has 20 heavy (non-hydrogen) atoms. The Morgan fingerprint density at radius 2 is 2.10 bits per heavy atom. The first-order chi connectivity index (χ1) is 9.84. The van der Waals surface area contributed by atoms with Gasteiger partial charge in [0, 0.05) is 11.5 Å². The van der Waals surface area contributed by atoms with Crippen molar-refractivity contribution in [3.63, 3.8) is 0 Å². The Hall–Kier alpha value is -2.51. The molecule has 3 rings (SSSR count). The Balaban J connectivity index is 2.52. The van der Waals surface area contributed by atoms with Crippen molar-refractivity contribution >= 4 is 27.8 Å². The number of benzene rings is 1. The summed E-state index contributed by atoms with van der Waals surface area (Å²) in [6, 6.07) is 2.05. The highest BCUT2D eigenvalue weighted by atomic mass is 19.4. The van der Waals surface area contributed by atoms with Gasteiger partial charge in [0.25, 0.3) is 0 Å². The Bertz CT molecular complexity index is 859. The minimum Gasteiger partial charge on any atom is -0.496 e. The predicted octanol–water partition coefficient (Wildman–Crippen LogP) is 2.72. The summed E-state index contributed by atoms with van der Waals surface area (Å²) >= 11 is 0. The third-order valence-electron chi connectivity index (χ3n) is 2.98. The van der Waals surface area contributed by atoms with Gasteiger partial charge in [-0.15, -0.1) is 0 Å². The zero-order valence-electron chi connectivity index (χ0n) is 11.2. The summed E-state index contributed by atoms with van der Waals surface area (Å²) in [5.41, 5.74) is 5.12. The second kappa shape index (κ2) is 3.99. The molecular weight excluding hydrogens is 273 g/mol. The zero-order chi connectivity index (χ0) is 15.4. The van der Waals surface area contributed by atoms with Crippen molar-refractivity contribution in [1.29, 1.82) is 0 Å². The summed E-state index contributed by atoms with van der Waals surface area (Å²) < 4.78 is 51.9. The molecule has 2 heterocycles. The van der Waals surface area contributed by atoms with E-state index in [9.17, 15) is 13.2 Å². The quantitative estimate of drug-likeness (QED) is 0.720. The highest BCUT2D eigenvalue weighted by Gasteiger charge is 2.35. The van der Waals surface area contributed by atoms with E-state index < -0.39 is 11.7 Å². The number of nitrogens with zero attached hydrogens (tertiary/aromatic N) is 2. The van der Waals surface area contributed by atoms with Crippen LogP contribution < -0.4 is 10.5 Å². The smallest absolute Gasteiger partial charge is 0.419 e. The molecule has 2 aromatic heterocycles. The van der Waals surface area contributed by atoms with Crippen molar-refractivity contribution in [2.75, 3.05) is 12.8 Å². The summed E-state index contributed by atoms with van der Waals surface area (Å²) in [6.45, 7) is 0. The van der Waals surface area contributed by atoms with Crippen LogP contribution in [0.2, 0.25) is 1.41 Å². The molecule has 5 nitrogen and oxygen atoms in total. The third kappa shape index (κ3) is 1.72. The van der Waals surface area contributed by atoms with Gasteiger partial charge in [-0.3, -0.25) is 0 Å². The maximum Gasteiger partial charge on any atom is 0.419 e. The molecule has 0 unspecified atom stereocenters. The van der Waals surface area contributed by atoms with Crippen molar-refractivity contribution in [2.24, 2.45) is 0 Å². The lowest BCUT2D eigenvalue weighted by molar-refractivity contribution is -0.138. The molecule has 0 aliphatic carbocycles. The van der Waals surface area contributed by atoms with Gasteiger partial charge in [-0.25, -0.2) is 9.97 Å². The van der Waals surface area contributed by atoms with Crippen LogP contribution in [0.5, 0.6) is 5.75 Å². The molecule has 0 saturated carbocycles. The van der Waals surface area contributed by atoms with E-state index in [-0.39, 0.29) is 33.5 Å². The first-order valence-corrected chi connectivity index (χ1v) is 5.53. The van der Waals surface area contributed by atoms with Crippen LogP contribution in [0, 0.1) is 0 Å². The molecule has 104 valence electrons. The summed E-state index contributed by atoms with van der Waals surface area (Å²) in [7, 11) is 1.14. The number of anilines is 1. The fraction of sp³-hybridized carbons (Fsp3) is 0.167. The van der Waals surface area contributed by atoms with Crippen molar-refractivity contribution in [3.8, 4) is 5.75 Å². The third-order valence-corrected chi connectivity index (χ3v) is 2.98. The van der Waals surface area contributed by atoms with Gasteiger partial charge in [0.2, 0.25) is 0 Å². The Labute approximate surface area is 112 Å². The number of nitrogens with two attached hydrogens (primary N) is 1. The largest absolute Gasteiger partial charge is 0.496 e. The summed E-state index contributed by atoms with van der Waals surface area (Å²) in [4.78, 5) is 8.56. The summed E-state index contributed by atoms with van der Waals surface area (Å²) in [5.74, 6) is -0.341. The molecule has 0 spiro atoms. The Morgan fingerprint density at radius 3 is 2.75 bits per heavy atom. The van der Waals surface area contributed by atoms with Gasteiger partial charge in [0.1, 0.15) is 23.5 Å². The molecule has 0 saturated heterocycles. The first kappa shape index (κ1) is 11.3. The second-order valence-corrected chi connectivity index (χ2v) is 4.14. The van der Waals surface area contributed by atoms with Crippen LogP contribution >= 0.6 is 0 Å². The molecule has 0 radical (unpaired) electrons. The molecule has 0 bridgehead atoms. The number of nitrogens with one attached hydrogen (secondary N) is 1. The number of hydrogen-bond donors (Lipinski definition) is 2. The Kier molecular flexibility index (Phi) is 2.26. The number of aromatic amines is 1. The van der Waals surface area contributed by atoms with Crippen molar-refractivity contribution in [1.82, 2.24) is 14.9 Å². The number of halogens is 3. The van der Waals surface area contributed by atoms with Crippen molar-refractivity contribution in [2.45, 2.75) is 6.18 Å². The van der Waals surface area contributed by atoms with Crippen LogP contribution in [-0.4, -0.2) is 22.1 Å². The van der Waals surface area contributed by atoms with Gasteiger partial charge in [0.05, 0.1) is 23.6 Å². The van der Waals surface area contributed by atoms with Crippen LogP contribution in [0.25, 0.3) is 21.9 Å². The molecule has 3 N–H and O–H groups in total. The monoisotopic (exact) mass is 283 g/mol. The first-order valence-electron chi connectivity index (χ1n) is 5.98. The molecule has 3 aromatic rings. The molecule has 0 amide bonds. The number of H-pyrrole nitrogens is 1. The van der Waals surface area contributed by atoms with Crippen LogP contribution in [0.4, 0.5) is 19.0 Å². The van der Waals surface area contributed by atoms with Crippen LogP contribution in [0.1, 0.15) is 5.56 Å².